The third-order valence-corrected chi connectivity index (χ3v) is 5.02. The Labute approximate surface area is 95.4 Å². The highest BCUT2D eigenvalue weighted by Crippen LogP contribution is 2.43. The Morgan fingerprint density at radius 3 is 2.80 bits per heavy atom. The van der Waals surface area contributed by atoms with E-state index in [9.17, 15) is 0 Å². The van der Waals surface area contributed by atoms with Crippen molar-refractivity contribution < 1.29 is 0 Å². The number of nitrogens with two attached hydrogens (primary N) is 1. The standard InChI is InChI=1S/C13H17NS/c14-13(6-3-7-13)9-11-8-10-4-1-2-5-12(10)15-11/h1-2,4-5,11H,3,6-9,14H2. The Bertz CT molecular complexity index is 346. The lowest BCUT2D eigenvalue weighted by atomic mass is 9.74. The molecule has 1 nitrogen and oxygen atoms in total. The van der Waals surface area contributed by atoms with Crippen LogP contribution in [-0.2, 0) is 6.42 Å². The van der Waals surface area contributed by atoms with Gasteiger partial charge in [-0.3, -0.25) is 0 Å². The second-order valence-electron chi connectivity index (χ2n) is 4.97. The number of rotatable bonds is 2. The Hall–Kier alpha value is -0.470. The molecule has 15 heavy (non-hydrogen) atoms. The molecule has 0 amide bonds. The average molecular weight is 219 g/mol. The predicted molar refractivity (Wildman–Crippen MR) is 65.2 cm³/mol. The van der Waals surface area contributed by atoms with Crippen molar-refractivity contribution in [2.75, 3.05) is 0 Å². The Balaban J connectivity index is 1.68. The molecule has 0 spiro atoms. The molecular weight excluding hydrogens is 202 g/mol. The van der Waals surface area contributed by atoms with Crippen molar-refractivity contribution in [1.29, 1.82) is 0 Å². The van der Waals surface area contributed by atoms with Gasteiger partial charge >= 0.3 is 0 Å². The van der Waals surface area contributed by atoms with Crippen LogP contribution in [0.4, 0.5) is 0 Å². The van der Waals surface area contributed by atoms with Crippen molar-refractivity contribution in [3.63, 3.8) is 0 Å². The summed E-state index contributed by atoms with van der Waals surface area (Å²) in [6, 6.07) is 8.77. The topological polar surface area (TPSA) is 26.0 Å². The number of hydrogen-bond acceptors (Lipinski definition) is 2. The molecule has 0 radical (unpaired) electrons. The minimum absolute atomic E-state index is 0.180. The lowest BCUT2D eigenvalue weighted by Gasteiger charge is -2.39. The smallest absolute Gasteiger partial charge is 0.0165 e. The van der Waals surface area contributed by atoms with Gasteiger partial charge in [0.2, 0.25) is 0 Å². The lowest BCUT2D eigenvalue weighted by Crippen LogP contribution is -2.48. The summed E-state index contributed by atoms with van der Waals surface area (Å²) >= 11 is 2.03. The minimum atomic E-state index is 0.180. The SMILES string of the molecule is NC1(CC2Cc3ccccc3S2)CCC1. The molecular formula is C13H17NS. The van der Waals surface area contributed by atoms with Crippen LogP contribution < -0.4 is 5.73 Å². The first-order valence-electron chi connectivity index (χ1n) is 5.79. The molecule has 2 N–H and O–H groups in total. The fraction of sp³-hybridized carbons (Fsp3) is 0.538. The zero-order chi connectivity index (χ0) is 10.3. The molecule has 0 saturated heterocycles. The Morgan fingerprint density at radius 1 is 1.33 bits per heavy atom. The molecule has 0 aromatic heterocycles. The maximum atomic E-state index is 6.30. The Morgan fingerprint density at radius 2 is 2.13 bits per heavy atom. The molecule has 1 atom stereocenters. The van der Waals surface area contributed by atoms with E-state index in [1.165, 1.54) is 42.6 Å². The normalized spacial score (nSPS) is 27.1. The van der Waals surface area contributed by atoms with Crippen molar-refractivity contribution in [2.45, 2.75) is 47.8 Å². The van der Waals surface area contributed by atoms with Crippen LogP contribution in [0.3, 0.4) is 0 Å². The van der Waals surface area contributed by atoms with Gasteiger partial charge in [-0.25, -0.2) is 0 Å². The van der Waals surface area contributed by atoms with Crippen molar-refractivity contribution in [1.82, 2.24) is 0 Å². The Kier molecular flexibility index (Phi) is 2.29. The molecule has 1 aliphatic heterocycles. The maximum absolute atomic E-state index is 6.30. The molecule has 0 bridgehead atoms. The summed E-state index contributed by atoms with van der Waals surface area (Å²) in [6.45, 7) is 0. The average Bonchev–Trinajstić information content (AvgIpc) is 2.57. The van der Waals surface area contributed by atoms with E-state index >= 15 is 0 Å². The number of hydrogen-bond donors (Lipinski definition) is 1. The highest BCUT2D eigenvalue weighted by Gasteiger charge is 2.36. The minimum Gasteiger partial charge on any atom is -0.325 e. The second kappa shape index (κ2) is 3.53. The van der Waals surface area contributed by atoms with Gasteiger partial charge in [-0.05, 0) is 43.7 Å². The molecule has 1 unspecified atom stereocenters. The summed E-state index contributed by atoms with van der Waals surface area (Å²) in [5, 5.41) is 0.729. The van der Waals surface area contributed by atoms with E-state index in [1.54, 1.807) is 0 Å². The van der Waals surface area contributed by atoms with Crippen LogP contribution in [0.25, 0.3) is 0 Å². The molecule has 1 fully saturated rings. The third kappa shape index (κ3) is 1.81. The molecule has 1 aromatic carbocycles. The fourth-order valence-corrected chi connectivity index (χ4v) is 4.15. The van der Waals surface area contributed by atoms with Crippen LogP contribution in [0.15, 0.2) is 29.2 Å². The van der Waals surface area contributed by atoms with Crippen molar-refractivity contribution in [2.24, 2.45) is 5.73 Å². The van der Waals surface area contributed by atoms with Crippen LogP contribution in [0.2, 0.25) is 0 Å². The van der Waals surface area contributed by atoms with E-state index in [1.807, 2.05) is 11.8 Å². The summed E-state index contributed by atoms with van der Waals surface area (Å²) in [5.74, 6) is 0. The number of benzene rings is 1. The number of fused-ring (bicyclic) bond motifs is 1. The van der Waals surface area contributed by atoms with Crippen molar-refractivity contribution in [3.8, 4) is 0 Å². The summed E-state index contributed by atoms with van der Waals surface area (Å²) in [4.78, 5) is 1.48. The van der Waals surface area contributed by atoms with E-state index in [2.05, 4.69) is 24.3 Å². The first-order chi connectivity index (χ1) is 7.25. The quantitative estimate of drug-likeness (QED) is 0.827. The lowest BCUT2D eigenvalue weighted by molar-refractivity contribution is 0.230. The molecule has 2 heteroatoms. The first kappa shape index (κ1) is 9.73. The molecule has 1 aromatic rings. The highest BCUT2D eigenvalue weighted by atomic mass is 32.2. The highest BCUT2D eigenvalue weighted by molar-refractivity contribution is 8.00. The molecule has 1 aliphatic carbocycles. The predicted octanol–water partition coefficient (Wildman–Crippen LogP) is 2.97. The molecule has 3 rings (SSSR count). The van der Waals surface area contributed by atoms with Crippen LogP contribution in [0, 0.1) is 0 Å². The van der Waals surface area contributed by atoms with Gasteiger partial charge in [-0.2, -0.15) is 0 Å². The van der Waals surface area contributed by atoms with Crippen LogP contribution in [-0.4, -0.2) is 10.8 Å². The van der Waals surface area contributed by atoms with Crippen molar-refractivity contribution in [3.05, 3.63) is 29.8 Å². The first-order valence-corrected chi connectivity index (χ1v) is 6.67. The van der Waals surface area contributed by atoms with E-state index < -0.39 is 0 Å². The largest absolute Gasteiger partial charge is 0.325 e. The van der Waals surface area contributed by atoms with Crippen molar-refractivity contribution >= 4 is 11.8 Å². The number of thioether (sulfide) groups is 1. The van der Waals surface area contributed by atoms with E-state index in [0.29, 0.717) is 0 Å². The summed E-state index contributed by atoms with van der Waals surface area (Å²) < 4.78 is 0. The van der Waals surface area contributed by atoms with Gasteiger partial charge < -0.3 is 5.73 Å². The molecule has 1 heterocycles. The summed E-state index contributed by atoms with van der Waals surface area (Å²) in [7, 11) is 0. The van der Waals surface area contributed by atoms with Gasteiger partial charge in [0.1, 0.15) is 0 Å². The van der Waals surface area contributed by atoms with Gasteiger partial charge in [-0.15, -0.1) is 11.8 Å². The van der Waals surface area contributed by atoms with E-state index in [-0.39, 0.29) is 5.54 Å². The monoisotopic (exact) mass is 219 g/mol. The maximum Gasteiger partial charge on any atom is 0.0165 e. The molecule has 2 aliphatic rings. The van der Waals surface area contributed by atoms with Gasteiger partial charge in [0.05, 0.1) is 0 Å². The van der Waals surface area contributed by atoms with Gasteiger partial charge in [0, 0.05) is 15.7 Å². The molecule has 1 saturated carbocycles. The third-order valence-electron chi connectivity index (χ3n) is 3.70. The summed E-state index contributed by atoms with van der Waals surface area (Å²) in [5.41, 5.74) is 8.01. The van der Waals surface area contributed by atoms with Gasteiger partial charge in [0.25, 0.3) is 0 Å². The second-order valence-corrected chi connectivity index (χ2v) is 6.31. The molecule has 80 valence electrons. The van der Waals surface area contributed by atoms with E-state index in [4.69, 9.17) is 5.73 Å². The van der Waals surface area contributed by atoms with Crippen LogP contribution in [0.5, 0.6) is 0 Å². The fourth-order valence-electron chi connectivity index (χ4n) is 2.66. The van der Waals surface area contributed by atoms with Gasteiger partial charge in [0.15, 0.2) is 0 Å². The zero-order valence-electron chi connectivity index (χ0n) is 8.91. The van der Waals surface area contributed by atoms with Crippen LogP contribution >= 0.6 is 11.8 Å². The van der Waals surface area contributed by atoms with E-state index in [0.717, 1.165) is 5.25 Å². The van der Waals surface area contributed by atoms with Gasteiger partial charge in [-0.1, -0.05) is 18.2 Å². The van der Waals surface area contributed by atoms with Crippen LogP contribution in [0.1, 0.15) is 31.2 Å². The zero-order valence-corrected chi connectivity index (χ0v) is 9.72. The summed E-state index contributed by atoms with van der Waals surface area (Å²) in [6.07, 6.45) is 6.23.